The Balaban J connectivity index is 1.69. The van der Waals surface area contributed by atoms with Gasteiger partial charge in [-0.2, -0.15) is 0 Å². The first-order valence-electron chi connectivity index (χ1n) is 7.22. The quantitative estimate of drug-likeness (QED) is 0.800. The first-order chi connectivity index (χ1) is 10.1. The van der Waals surface area contributed by atoms with Crippen molar-refractivity contribution in [3.05, 3.63) is 35.4 Å². The van der Waals surface area contributed by atoms with Crippen LogP contribution >= 0.6 is 0 Å². The molecule has 0 aromatic heterocycles. The first kappa shape index (κ1) is 15.2. The average Bonchev–Trinajstić information content (AvgIpc) is 2.78. The normalized spacial score (nSPS) is 14.6. The van der Waals surface area contributed by atoms with E-state index in [0.29, 0.717) is 6.54 Å². The minimum Gasteiger partial charge on any atom is -0.356 e. The molecular weight excluding hydrogens is 268 g/mol. The number of imide groups is 1. The minimum absolute atomic E-state index is 0.129. The second-order valence-electron chi connectivity index (χ2n) is 5.22. The molecule has 5 nitrogen and oxygen atoms in total. The highest BCUT2D eigenvalue weighted by Gasteiger charge is 2.28. The van der Waals surface area contributed by atoms with Gasteiger partial charge < -0.3 is 5.32 Å². The van der Waals surface area contributed by atoms with Crippen LogP contribution in [0.5, 0.6) is 0 Å². The predicted octanol–water partition coefficient (Wildman–Crippen LogP) is 1.19. The molecule has 0 spiro atoms. The maximum atomic E-state index is 11.7. The third-order valence-electron chi connectivity index (χ3n) is 3.70. The molecule has 21 heavy (non-hydrogen) atoms. The molecule has 1 aliphatic rings. The number of aryl methyl sites for hydroxylation is 1. The van der Waals surface area contributed by atoms with E-state index in [0.717, 1.165) is 6.42 Å². The fourth-order valence-corrected chi connectivity index (χ4v) is 2.40. The predicted molar refractivity (Wildman–Crippen MR) is 78.5 cm³/mol. The molecule has 2 rings (SSSR count). The SMILES string of the molecule is Cc1ccccc1CCNC(=O)CCN1C(=O)CCC1=O. The van der Waals surface area contributed by atoms with Crippen LogP contribution in [-0.2, 0) is 20.8 Å². The Morgan fingerprint density at radius 2 is 1.86 bits per heavy atom. The van der Waals surface area contributed by atoms with Crippen LogP contribution in [0.3, 0.4) is 0 Å². The van der Waals surface area contributed by atoms with Crippen molar-refractivity contribution in [1.82, 2.24) is 10.2 Å². The van der Waals surface area contributed by atoms with E-state index in [9.17, 15) is 14.4 Å². The van der Waals surface area contributed by atoms with E-state index < -0.39 is 0 Å². The van der Waals surface area contributed by atoms with E-state index in [-0.39, 0.29) is 43.5 Å². The lowest BCUT2D eigenvalue weighted by Crippen LogP contribution is -2.34. The Labute approximate surface area is 124 Å². The summed E-state index contributed by atoms with van der Waals surface area (Å²) < 4.78 is 0. The van der Waals surface area contributed by atoms with Crippen LogP contribution in [0, 0.1) is 6.92 Å². The third kappa shape index (κ3) is 4.15. The zero-order valence-corrected chi connectivity index (χ0v) is 12.2. The van der Waals surface area contributed by atoms with Gasteiger partial charge >= 0.3 is 0 Å². The second kappa shape index (κ2) is 7.02. The highest BCUT2D eigenvalue weighted by Crippen LogP contribution is 2.11. The average molecular weight is 288 g/mol. The summed E-state index contributed by atoms with van der Waals surface area (Å²) in [5, 5.41) is 2.82. The Morgan fingerprint density at radius 1 is 1.19 bits per heavy atom. The maximum absolute atomic E-state index is 11.7. The van der Waals surface area contributed by atoms with Gasteiger partial charge in [0, 0.05) is 32.4 Å². The van der Waals surface area contributed by atoms with Gasteiger partial charge in [-0.3, -0.25) is 19.3 Å². The van der Waals surface area contributed by atoms with Gasteiger partial charge in [0.05, 0.1) is 0 Å². The molecule has 1 aromatic rings. The van der Waals surface area contributed by atoms with Crippen molar-refractivity contribution in [2.45, 2.75) is 32.6 Å². The molecule has 5 heteroatoms. The van der Waals surface area contributed by atoms with E-state index in [1.54, 1.807) is 0 Å². The van der Waals surface area contributed by atoms with Gasteiger partial charge in [0.15, 0.2) is 0 Å². The van der Waals surface area contributed by atoms with E-state index in [1.807, 2.05) is 31.2 Å². The molecule has 1 saturated heterocycles. The lowest BCUT2D eigenvalue weighted by atomic mass is 10.1. The number of hydrogen-bond donors (Lipinski definition) is 1. The van der Waals surface area contributed by atoms with Gasteiger partial charge in [-0.15, -0.1) is 0 Å². The number of nitrogens with one attached hydrogen (secondary N) is 1. The summed E-state index contributed by atoms with van der Waals surface area (Å²) in [6, 6.07) is 8.06. The molecule has 1 aliphatic heterocycles. The zero-order valence-electron chi connectivity index (χ0n) is 12.2. The molecular formula is C16H20N2O3. The first-order valence-corrected chi connectivity index (χ1v) is 7.22. The summed E-state index contributed by atoms with van der Waals surface area (Å²) in [7, 11) is 0. The summed E-state index contributed by atoms with van der Waals surface area (Å²) in [5.74, 6) is -0.475. The van der Waals surface area contributed by atoms with Crippen molar-refractivity contribution in [3.8, 4) is 0 Å². The molecule has 0 saturated carbocycles. The molecule has 1 N–H and O–H groups in total. The van der Waals surface area contributed by atoms with Crippen LogP contribution in [0.2, 0.25) is 0 Å². The topological polar surface area (TPSA) is 66.5 Å². The van der Waals surface area contributed by atoms with Gasteiger partial charge in [-0.25, -0.2) is 0 Å². The summed E-state index contributed by atoms with van der Waals surface area (Å²) >= 11 is 0. The maximum Gasteiger partial charge on any atom is 0.229 e. The van der Waals surface area contributed by atoms with Gasteiger partial charge in [0.1, 0.15) is 0 Å². The largest absolute Gasteiger partial charge is 0.356 e. The smallest absolute Gasteiger partial charge is 0.229 e. The van der Waals surface area contributed by atoms with Gasteiger partial charge in [-0.05, 0) is 24.5 Å². The van der Waals surface area contributed by atoms with Gasteiger partial charge in [0.2, 0.25) is 17.7 Å². The number of amides is 3. The summed E-state index contributed by atoms with van der Waals surface area (Å²) in [6.07, 6.45) is 1.49. The van der Waals surface area contributed by atoms with Crippen molar-refractivity contribution >= 4 is 17.7 Å². The van der Waals surface area contributed by atoms with Crippen molar-refractivity contribution < 1.29 is 14.4 Å². The lowest BCUT2D eigenvalue weighted by molar-refractivity contribution is -0.138. The number of hydrogen-bond acceptors (Lipinski definition) is 3. The minimum atomic E-state index is -0.173. The molecule has 0 atom stereocenters. The third-order valence-corrected chi connectivity index (χ3v) is 3.70. The van der Waals surface area contributed by atoms with Crippen LogP contribution in [0.25, 0.3) is 0 Å². The molecule has 1 aromatic carbocycles. The highest BCUT2D eigenvalue weighted by molar-refractivity contribution is 6.02. The number of likely N-dealkylation sites (tertiary alicyclic amines) is 1. The Bertz CT molecular complexity index is 538. The van der Waals surface area contributed by atoms with Crippen LogP contribution in [0.1, 0.15) is 30.4 Å². The van der Waals surface area contributed by atoms with Crippen molar-refractivity contribution in [1.29, 1.82) is 0 Å². The Hall–Kier alpha value is -2.17. The molecule has 0 aliphatic carbocycles. The Kier molecular flexibility index (Phi) is 5.09. The van der Waals surface area contributed by atoms with E-state index >= 15 is 0 Å². The molecule has 1 fully saturated rings. The van der Waals surface area contributed by atoms with E-state index in [1.165, 1.54) is 16.0 Å². The van der Waals surface area contributed by atoms with E-state index in [2.05, 4.69) is 5.32 Å². The van der Waals surface area contributed by atoms with Crippen molar-refractivity contribution in [3.63, 3.8) is 0 Å². The van der Waals surface area contributed by atoms with Crippen LogP contribution in [-0.4, -0.2) is 35.7 Å². The lowest BCUT2D eigenvalue weighted by Gasteiger charge is -2.13. The molecule has 0 radical (unpaired) electrons. The molecule has 0 unspecified atom stereocenters. The monoisotopic (exact) mass is 288 g/mol. The summed E-state index contributed by atoms with van der Waals surface area (Å²) in [5.41, 5.74) is 2.42. The molecule has 1 heterocycles. The highest BCUT2D eigenvalue weighted by atomic mass is 16.2. The van der Waals surface area contributed by atoms with Crippen LogP contribution in [0.4, 0.5) is 0 Å². The number of benzene rings is 1. The fraction of sp³-hybridized carbons (Fsp3) is 0.438. The summed E-state index contributed by atoms with van der Waals surface area (Å²) in [6.45, 7) is 2.79. The molecule has 112 valence electrons. The van der Waals surface area contributed by atoms with Gasteiger partial charge in [0.25, 0.3) is 0 Å². The molecule has 0 bridgehead atoms. The number of carbonyl (C=O) groups excluding carboxylic acids is 3. The number of nitrogens with zero attached hydrogens (tertiary/aromatic N) is 1. The fourth-order valence-electron chi connectivity index (χ4n) is 2.40. The summed E-state index contributed by atoms with van der Waals surface area (Å²) in [4.78, 5) is 35.7. The van der Waals surface area contributed by atoms with Crippen LogP contribution < -0.4 is 5.32 Å². The molecule has 3 amide bonds. The second-order valence-corrected chi connectivity index (χ2v) is 5.22. The standard InChI is InChI=1S/C16H20N2O3/c1-12-4-2-3-5-13(12)8-10-17-14(19)9-11-18-15(20)6-7-16(18)21/h2-5H,6-11H2,1H3,(H,17,19). The zero-order chi connectivity index (χ0) is 15.2. The van der Waals surface area contributed by atoms with E-state index in [4.69, 9.17) is 0 Å². The Morgan fingerprint density at radius 3 is 2.52 bits per heavy atom. The van der Waals surface area contributed by atoms with Gasteiger partial charge in [-0.1, -0.05) is 24.3 Å². The van der Waals surface area contributed by atoms with Crippen molar-refractivity contribution in [2.24, 2.45) is 0 Å². The number of carbonyl (C=O) groups is 3. The number of rotatable bonds is 6. The van der Waals surface area contributed by atoms with Crippen LogP contribution in [0.15, 0.2) is 24.3 Å². The van der Waals surface area contributed by atoms with Crippen molar-refractivity contribution in [2.75, 3.05) is 13.1 Å².